The SMILES string of the molecule is CCCCCCCCCCCCCCOCCCCOP(=O)(O)OC[C@H]1O[C@@](C#N)(c2ccc3c(N)ncnn23)[C@H](O)[C@@H]1O. The van der Waals surface area contributed by atoms with Crippen LogP contribution in [0.5, 0.6) is 0 Å². The summed E-state index contributed by atoms with van der Waals surface area (Å²) < 4.78 is 35.1. The summed E-state index contributed by atoms with van der Waals surface area (Å²) in [6.45, 7) is 2.87. The number of anilines is 1. The first-order valence-electron chi connectivity index (χ1n) is 16.0. The number of nitriles is 1. The van der Waals surface area contributed by atoms with Crippen LogP contribution in [0.2, 0.25) is 0 Å². The van der Waals surface area contributed by atoms with E-state index in [4.69, 9.17) is 24.3 Å². The van der Waals surface area contributed by atoms with Gasteiger partial charge >= 0.3 is 7.82 Å². The van der Waals surface area contributed by atoms with Crippen LogP contribution in [0.25, 0.3) is 5.52 Å². The van der Waals surface area contributed by atoms with Gasteiger partial charge in [-0.3, -0.25) is 9.05 Å². The maximum Gasteiger partial charge on any atom is 0.472 e. The van der Waals surface area contributed by atoms with Gasteiger partial charge in [0.2, 0.25) is 5.60 Å². The van der Waals surface area contributed by atoms with E-state index in [2.05, 4.69) is 17.0 Å². The number of unbranched alkanes of at least 4 members (excludes halogenated alkanes) is 12. The van der Waals surface area contributed by atoms with Crippen LogP contribution in [0.4, 0.5) is 5.82 Å². The van der Waals surface area contributed by atoms with Crippen molar-refractivity contribution in [1.82, 2.24) is 14.6 Å². The molecule has 2 aromatic rings. The smallest absolute Gasteiger partial charge is 0.387 e. The fourth-order valence-corrected chi connectivity index (χ4v) is 6.16. The maximum absolute atomic E-state index is 12.4. The number of phosphoric acid groups is 1. The molecule has 1 fully saturated rings. The van der Waals surface area contributed by atoms with Crippen molar-refractivity contribution in [2.75, 3.05) is 32.2 Å². The highest BCUT2D eigenvalue weighted by Crippen LogP contribution is 2.46. The molecule has 5 N–H and O–H groups in total. The van der Waals surface area contributed by atoms with Crippen molar-refractivity contribution in [3.8, 4) is 6.07 Å². The Labute approximate surface area is 260 Å². The quantitative estimate of drug-likeness (QED) is 0.0961. The second-order valence-corrected chi connectivity index (χ2v) is 12.9. The molecule has 14 heteroatoms. The Morgan fingerprint density at radius 2 is 1.57 bits per heavy atom. The van der Waals surface area contributed by atoms with Gasteiger partial charge in [0.05, 0.1) is 18.9 Å². The number of rotatable bonds is 23. The molecule has 1 unspecified atom stereocenters. The van der Waals surface area contributed by atoms with Gasteiger partial charge in [0.1, 0.15) is 36.2 Å². The van der Waals surface area contributed by atoms with Crippen LogP contribution in [-0.2, 0) is 28.7 Å². The Balaban J connectivity index is 1.25. The molecule has 2 aromatic heterocycles. The first-order valence-corrected chi connectivity index (χ1v) is 17.5. The van der Waals surface area contributed by atoms with Crippen LogP contribution < -0.4 is 5.73 Å². The van der Waals surface area contributed by atoms with Crippen molar-refractivity contribution in [3.63, 3.8) is 0 Å². The molecule has 0 aromatic carbocycles. The standard InChI is InChI=1S/C30H50N5O8P/c1-2-3-4-5-6-7-8-9-10-11-12-13-18-40-19-14-15-20-41-44(38,39)42-21-25-27(36)28(37)30(22-31,43-25)26-17-16-24-29(32)33-23-34-35(24)26/h16-17,23,25,27-28,36-37H,2-15,18-21H2,1H3,(H,38,39)(H2,32,33,34)/t25-,27-,28-,30+/m1/s1. The summed E-state index contributed by atoms with van der Waals surface area (Å²) in [5, 5.41) is 35.4. The zero-order valence-electron chi connectivity index (χ0n) is 25.9. The normalized spacial score (nSPS) is 23.2. The third-order valence-corrected chi connectivity index (χ3v) is 8.95. The van der Waals surface area contributed by atoms with Crippen molar-refractivity contribution in [1.29, 1.82) is 5.26 Å². The van der Waals surface area contributed by atoms with Crippen molar-refractivity contribution in [2.45, 2.75) is 121 Å². The van der Waals surface area contributed by atoms with E-state index in [0.29, 0.717) is 31.6 Å². The van der Waals surface area contributed by atoms with Crippen LogP contribution in [0.15, 0.2) is 18.5 Å². The van der Waals surface area contributed by atoms with Gasteiger partial charge in [0.25, 0.3) is 0 Å². The number of phosphoric ester groups is 1. The lowest BCUT2D eigenvalue weighted by molar-refractivity contribution is -0.0643. The van der Waals surface area contributed by atoms with Crippen molar-refractivity contribution in [3.05, 3.63) is 24.2 Å². The lowest BCUT2D eigenvalue weighted by Gasteiger charge is -2.24. The lowest BCUT2D eigenvalue weighted by Crippen LogP contribution is -2.41. The number of aromatic nitrogens is 3. The van der Waals surface area contributed by atoms with Gasteiger partial charge in [-0.1, -0.05) is 77.6 Å². The topological polar surface area (TPSA) is 195 Å². The van der Waals surface area contributed by atoms with E-state index in [9.17, 15) is 24.9 Å². The Morgan fingerprint density at radius 3 is 2.20 bits per heavy atom. The van der Waals surface area contributed by atoms with Crippen LogP contribution in [0.1, 0.15) is 103 Å². The number of aliphatic hydroxyl groups excluding tert-OH is 2. The zero-order chi connectivity index (χ0) is 31.8. The first-order chi connectivity index (χ1) is 21.3. The van der Waals surface area contributed by atoms with E-state index < -0.39 is 38.3 Å². The van der Waals surface area contributed by atoms with Crippen LogP contribution in [-0.4, -0.2) is 74.4 Å². The molecule has 0 amide bonds. The molecule has 248 valence electrons. The molecule has 13 nitrogen and oxygen atoms in total. The molecule has 44 heavy (non-hydrogen) atoms. The molecule has 1 aliphatic rings. The molecule has 1 aliphatic heterocycles. The summed E-state index contributed by atoms with van der Waals surface area (Å²) in [6, 6.07) is 4.93. The van der Waals surface area contributed by atoms with Gasteiger partial charge in [0.15, 0.2) is 5.82 Å². The molecular formula is C30H50N5O8P. The summed E-state index contributed by atoms with van der Waals surface area (Å²) in [7, 11) is -4.48. The van der Waals surface area contributed by atoms with Crippen molar-refractivity contribution >= 4 is 19.2 Å². The molecule has 1 saturated heterocycles. The van der Waals surface area contributed by atoms with E-state index >= 15 is 0 Å². The lowest BCUT2D eigenvalue weighted by atomic mass is 9.92. The van der Waals surface area contributed by atoms with Crippen LogP contribution in [0, 0.1) is 11.3 Å². The minimum atomic E-state index is -4.48. The average molecular weight is 640 g/mol. The zero-order valence-corrected chi connectivity index (χ0v) is 26.8. The number of aliphatic hydroxyl groups is 2. The van der Waals surface area contributed by atoms with Gasteiger partial charge in [0, 0.05) is 13.2 Å². The van der Waals surface area contributed by atoms with Gasteiger partial charge in [-0.05, 0) is 31.4 Å². The third-order valence-electron chi connectivity index (χ3n) is 7.97. The number of nitrogens with zero attached hydrogens (tertiary/aromatic N) is 4. The summed E-state index contributed by atoms with van der Waals surface area (Å²) in [4.78, 5) is 14.0. The third kappa shape index (κ3) is 10.5. The fourth-order valence-electron chi connectivity index (χ4n) is 5.39. The molecule has 0 spiro atoms. The first kappa shape index (κ1) is 36.3. The number of nitrogens with two attached hydrogens (primary N) is 1. The van der Waals surface area contributed by atoms with E-state index in [1.54, 1.807) is 6.07 Å². The Kier molecular flexibility index (Phi) is 15.5. The minimum Gasteiger partial charge on any atom is -0.387 e. The van der Waals surface area contributed by atoms with Gasteiger partial charge in [-0.2, -0.15) is 10.4 Å². The molecule has 0 saturated carbocycles. The maximum atomic E-state index is 12.4. The monoisotopic (exact) mass is 639 g/mol. The predicted molar refractivity (Wildman–Crippen MR) is 164 cm³/mol. The van der Waals surface area contributed by atoms with Gasteiger partial charge in [-0.15, -0.1) is 0 Å². The highest BCUT2D eigenvalue weighted by Gasteiger charge is 2.58. The summed E-state index contributed by atoms with van der Waals surface area (Å²) in [6.07, 6.45) is 13.3. The highest BCUT2D eigenvalue weighted by atomic mass is 31.2. The Bertz CT molecular complexity index is 1210. The van der Waals surface area contributed by atoms with E-state index in [1.807, 2.05) is 6.07 Å². The van der Waals surface area contributed by atoms with E-state index in [1.165, 1.54) is 87.5 Å². The van der Waals surface area contributed by atoms with E-state index in [0.717, 1.165) is 6.42 Å². The number of nitrogen functional groups attached to an aromatic ring is 1. The van der Waals surface area contributed by atoms with Crippen LogP contribution in [0.3, 0.4) is 0 Å². The minimum absolute atomic E-state index is 0.0220. The van der Waals surface area contributed by atoms with Crippen molar-refractivity contribution < 1.29 is 38.2 Å². The fraction of sp³-hybridized carbons (Fsp3) is 0.767. The average Bonchev–Trinajstić information content (AvgIpc) is 3.56. The summed E-state index contributed by atoms with van der Waals surface area (Å²) in [5.74, 6) is 0.150. The van der Waals surface area contributed by atoms with Gasteiger partial charge in [-0.25, -0.2) is 14.1 Å². The molecule has 3 heterocycles. The molecule has 0 aliphatic carbocycles. The second kappa shape index (κ2) is 18.7. The molecule has 0 radical (unpaired) electrons. The molecule has 3 rings (SSSR count). The Hall–Kier alpha value is -2.14. The molecule has 5 atom stereocenters. The molecule has 0 bridgehead atoms. The number of ether oxygens (including phenoxy) is 2. The predicted octanol–water partition coefficient (Wildman–Crippen LogP) is 4.78. The summed E-state index contributed by atoms with van der Waals surface area (Å²) >= 11 is 0. The van der Waals surface area contributed by atoms with E-state index in [-0.39, 0.29) is 18.1 Å². The largest absolute Gasteiger partial charge is 0.472 e. The highest BCUT2D eigenvalue weighted by molar-refractivity contribution is 7.47. The van der Waals surface area contributed by atoms with Crippen molar-refractivity contribution in [2.24, 2.45) is 0 Å². The number of hydrogen-bond donors (Lipinski definition) is 4. The number of hydrogen-bond acceptors (Lipinski definition) is 11. The number of fused-ring (bicyclic) bond motifs is 1. The van der Waals surface area contributed by atoms with Gasteiger partial charge < -0.3 is 30.3 Å². The Morgan fingerprint density at radius 1 is 0.977 bits per heavy atom. The van der Waals surface area contributed by atoms with Crippen LogP contribution >= 0.6 is 7.82 Å². The summed E-state index contributed by atoms with van der Waals surface area (Å²) in [5.41, 5.74) is 4.31. The second-order valence-electron chi connectivity index (χ2n) is 11.4. The molecular weight excluding hydrogens is 589 g/mol.